The van der Waals surface area contributed by atoms with Gasteiger partial charge in [-0.25, -0.2) is 4.79 Å². The smallest absolute Gasteiger partial charge is 0.411 e. The molecule has 0 radical (unpaired) electrons. The third kappa shape index (κ3) is 5.35. The summed E-state index contributed by atoms with van der Waals surface area (Å²) >= 11 is 0. The molecule has 2 unspecified atom stereocenters. The van der Waals surface area contributed by atoms with Crippen LogP contribution in [0.3, 0.4) is 0 Å². The van der Waals surface area contributed by atoms with Crippen molar-refractivity contribution in [2.45, 2.75) is 39.3 Å². The Morgan fingerprint density at radius 3 is 2.57 bits per heavy atom. The Hall–Kier alpha value is -2.22. The van der Waals surface area contributed by atoms with Gasteiger partial charge in [0, 0.05) is 18.3 Å². The largest absolute Gasteiger partial charge is 0.429 e. The van der Waals surface area contributed by atoms with E-state index in [0.29, 0.717) is 6.54 Å². The molecule has 0 aliphatic heterocycles. The predicted octanol–water partition coefficient (Wildman–Crippen LogP) is 3.25. The van der Waals surface area contributed by atoms with Gasteiger partial charge in [-0.3, -0.25) is 0 Å². The van der Waals surface area contributed by atoms with Crippen LogP contribution in [0, 0.1) is 11.3 Å². The van der Waals surface area contributed by atoms with Crippen LogP contribution in [0.15, 0.2) is 30.3 Å². The summed E-state index contributed by atoms with van der Waals surface area (Å²) in [4.78, 5) is 13.7. The topological polar surface area (TPSA) is 65.4 Å². The first-order valence-electron chi connectivity index (χ1n) is 7.28. The van der Waals surface area contributed by atoms with Gasteiger partial charge < -0.3 is 15.0 Å². The summed E-state index contributed by atoms with van der Waals surface area (Å²) < 4.78 is 5.26. The minimum absolute atomic E-state index is 0.101. The number of benzene rings is 1. The molecule has 0 aliphatic carbocycles. The lowest BCUT2D eigenvalue weighted by molar-refractivity contribution is 0.0757. The molecule has 0 spiro atoms. The first kappa shape index (κ1) is 16.8. The van der Waals surface area contributed by atoms with E-state index >= 15 is 0 Å². The summed E-state index contributed by atoms with van der Waals surface area (Å²) in [6.45, 7) is 6.72. The van der Waals surface area contributed by atoms with E-state index in [4.69, 9.17) is 10.00 Å². The van der Waals surface area contributed by atoms with Crippen molar-refractivity contribution < 1.29 is 9.53 Å². The zero-order valence-electron chi connectivity index (χ0n) is 12.9. The number of nitrogens with one attached hydrogen (secondary N) is 1. The highest BCUT2D eigenvalue weighted by molar-refractivity contribution is 5.68. The molecule has 0 bridgehead atoms. The molecule has 21 heavy (non-hydrogen) atoms. The number of nitriles is 1. The van der Waals surface area contributed by atoms with Gasteiger partial charge in [-0.2, -0.15) is 5.26 Å². The van der Waals surface area contributed by atoms with Crippen molar-refractivity contribution in [3.8, 4) is 6.07 Å². The Morgan fingerprint density at radius 2 is 2.05 bits per heavy atom. The van der Waals surface area contributed by atoms with Crippen LogP contribution in [-0.2, 0) is 4.74 Å². The number of carbonyl (C=O) groups excluding carboxylic acids is 1. The van der Waals surface area contributed by atoms with E-state index in [0.717, 1.165) is 12.1 Å². The second-order valence-electron chi connectivity index (χ2n) is 4.79. The fourth-order valence-electron chi connectivity index (χ4n) is 1.91. The molecule has 5 nitrogen and oxygen atoms in total. The lowest BCUT2D eigenvalue weighted by Gasteiger charge is -2.27. The average Bonchev–Trinajstić information content (AvgIpc) is 2.52. The number of amides is 1. The van der Waals surface area contributed by atoms with Crippen LogP contribution in [-0.4, -0.2) is 36.2 Å². The van der Waals surface area contributed by atoms with E-state index < -0.39 is 12.2 Å². The Bertz CT molecular complexity index is 470. The second-order valence-corrected chi connectivity index (χ2v) is 4.79. The number of carbonyl (C=O) groups is 1. The van der Waals surface area contributed by atoms with Gasteiger partial charge in [0.1, 0.15) is 6.07 Å². The van der Waals surface area contributed by atoms with Gasteiger partial charge in [-0.15, -0.1) is 0 Å². The number of ether oxygens (including phenoxy) is 1. The number of anilines is 1. The van der Waals surface area contributed by atoms with Crippen molar-refractivity contribution in [2.75, 3.05) is 18.4 Å². The third-order valence-corrected chi connectivity index (χ3v) is 3.35. The molecule has 1 N–H and O–H groups in total. The van der Waals surface area contributed by atoms with Gasteiger partial charge in [0.2, 0.25) is 6.10 Å². The highest BCUT2D eigenvalue weighted by atomic mass is 16.6. The molecular weight excluding hydrogens is 266 g/mol. The number of para-hydroxylation sites is 1. The maximum atomic E-state index is 12.1. The van der Waals surface area contributed by atoms with Crippen LogP contribution >= 0.6 is 0 Å². The summed E-state index contributed by atoms with van der Waals surface area (Å²) in [6.07, 6.45) is -0.397. The number of rotatable bonds is 7. The minimum Gasteiger partial charge on any atom is -0.429 e. The van der Waals surface area contributed by atoms with Crippen molar-refractivity contribution in [3.05, 3.63) is 30.3 Å². The molecule has 1 aromatic rings. The first-order chi connectivity index (χ1) is 10.1. The highest BCUT2D eigenvalue weighted by Crippen LogP contribution is 2.09. The molecule has 5 heteroatoms. The predicted molar refractivity (Wildman–Crippen MR) is 82.9 cm³/mol. The zero-order chi connectivity index (χ0) is 15.7. The first-order valence-corrected chi connectivity index (χ1v) is 7.28. The Balaban J connectivity index is 2.53. The molecule has 0 heterocycles. The lowest BCUT2D eigenvalue weighted by atomic mass is 10.2. The third-order valence-electron chi connectivity index (χ3n) is 3.35. The summed E-state index contributed by atoms with van der Waals surface area (Å²) in [5, 5.41) is 12.2. The van der Waals surface area contributed by atoms with Crippen molar-refractivity contribution in [3.63, 3.8) is 0 Å². The second kappa shape index (κ2) is 8.85. The minimum atomic E-state index is -0.809. The summed E-state index contributed by atoms with van der Waals surface area (Å²) in [6, 6.07) is 11.6. The molecule has 1 aromatic carbocycles. The molecule has 0 saturated heterocycles. The maximum Gasteiger partial charge on any atom is 0.411 e. The molecule has 1 rings (SSSR count). The van der Waals surface area contributed by atoms with E-state index in [-0.39, 0.29) is 12.6 Å². The van der Waals surface area contributed by atoms with Gasteiger partial charge in [-0.1, -0.05) is 25.1 Å². The number of hydrogen-bond donors (Lipinski definition) is 1. The van der Waals surface area contributed by atoms with Crippen LogP contribution in [0.25, 0.3) is 0 Å². The van der Waals surface area contributed by atoms with E-state index in [9.17, 15) is 4.79 Å². The molecule has 2 atom stereocenters. The standard InChI is InChI=1S/C16H23N3O2/c1-4-13(3)19(5-2)16(20)21-15(11-17)12-18-14-9-7-6-8-10-14/h6-10,13,15,18H,4-5,12H2,1-3H3. The van der Waals surface area contributed by atoms with Crippen LogP contribution in [0.2, 0.25) is 0 Å². The zero-order valence-corrected chi connectivity index (χ0v) is 12.9. The summed E-state index contributed by atoms with van der Waals surface area (Å²) in [7, 11) is 0. The van der Waals surface area contributed by atoms with Crippen molar-refractivity contribution in [2.24, 2.45) is 0 Å². The lowest BCUT2D eigenvalue weighted by Crippen LogP contribution is -2.41. The molecule has 0 saturated carbocycles. The fourth-order valence-corrected chi connectivity index (χ4v) is 1.91. The van der Waals surface area contributed by atoms with Gasteiger partial charge in [-0.05, 0) is 32.4 Å². The van der Waals surface area contributed by atoms with E-state index in [1.165, 1.54) is 0 Å². The van der Waals surface area contributed by atoms with E-state index in [1.807, 2.05) is 57.2 Å². The van der Waals surface area contributed by atoms with Gasteiger partial charge in [0.15, 0.2) is 0 Å². The number of nitrogens with zero attached hydrogens (tertiary/aromatic N) is 2. The summed E-state index contributed by atoms with van der Waals surface area (Å²) in [5.74, 6) is 0. The van der Waals surface area contributed by atoms with Crippen molar-refractivity contribution in [1.82, 2.24) is 4.90 Å². The monoisotopic (exact) mass is 289 g/mol. The molecule has 114 valence electrons. The van der Waals surface area contributed by atoms with Crippen molar-refractivity contribution in [1.29, 1.82) is 5.26 Å². The number of hydrogen-bond acceptors (Lipinski definition) is 4. The Kier molecular flexibility index (Phi) is 7.10. The van der Waals surface area contributed by atoms with Gasteiger partial charge in [0.05, 0.1) is 6.54 Å². The van der Waals surface area contributed by atoms with Crippen LogP contribution in [0.5, 0.6) is 0 Å². The van der Waals surface area contributed by atoms with Crippen molar-refractivity contribution >= 4 is 11.8 Å². The van der Waals surface area contributed by atoms with Crippen LogP contribution in [0.4, 0.5) is 10.5 Å². The van der Waals surface area contributed by atoms with Crippen LogP contribution < -0.4 is 5.32 Å². The normalized spacial score (nSPS) is 12.9. The molecule has 0 aromatic heterocycles. The van der Waals surface area contributed by atoms with Crippen LogP contribution in [0.1, 0.15) is 27.2 Å². The van der Waals surface area contributed by atoms with Gasteiger partial charge in [0.25, 0.3) is 0 Å². The van der Waals surface area contributed by atoms with Gasteiger partial charge >= 0.3 is 6.09 Å². The Labute approximate surface area is 126 Å². The maximum absolute atomic E-state index is 12.1. The average molecular weight is 289 g/mol. The van der Waals surface area contributed by atoms with E-state index in [2.05, 4.69) is 5.32 Å². The Morgan fingerprint density at radius 1 is 1.38 bits per heavy atom. The quantitative estimate of drug-likeness (QED) is 0.836. The summed E-state index contributed by atoms with van der Waals surface area (Å²) in [5.41, 5.74) is 0.892. The fraction of sp³-hybridized carbons (Fsp3) is 0.500. The molecule has 1 amide bonds. The molecule has 0 aliphatic rings. The highest BCUT2D eigenvalue weighted by Gasteiger charge is 2.22. The SMILES string of the molecule is CCC(C)N(CC)C(=O)OC(C#N)CNc1ccccc1. The molecular formula is C16H23N3O2. The molecule has 0 fully saturated rings. The van der Waals surface area contributed by atoms with E-state index in [1.54, 1.807) is 4.90 Å².